The molecule has 1 aromatic carbocycles. The number of rotatable bonds is 5. The summed E-state index contributed by atoms with van der Waals surface area (Å²) in [6.07, 6.45) is -0.901. The largest absolute Gasteiger partial charge is 0.442 e. The molecule has 0 bridgehead atoms. The zero-order valence-corrected chi connectivity index (χ0v) is 15.7. The zero-order chi connectivity index (χ0) is 20.5. The van der Waals surface area contributed by atoms with Gasteiger partial charge in [0.05, 0.1) is 18.8 Å². The average molecular weight is 399 g/mol. The summed E-state index contributed by atoms with van der Waals surface area (Å²) in [5.41, 5.74) is -0.163. The highest BCUT2D eigenvalue weighted by Crippen LogP contribution is 2.34. The maximum atomic E-state index is 14.7. The Labute approximate surface area is 161 Å². The number of piperidine rings is 1. The molecule has 2 aliphatic rings. The third-order valence-corrected chi connectivity index (χ3v) is 5.01. The van der Waals surface area contributed by atoms with Crippen molar-refractivity contribution in [3.63, 3.8) is 0 Å². The first-order chi connectivity index (χ1) is 13.2. The van der Waals surface area contributed by atoms with Crippen LogP contribution in [-0.2, 0) is 14.3 Å². The van der Waals surface area contributed by atoms with Gasteiger partial charge in [-0.1, -0.05) is 0 Å². The van der Waals surface area contributed by atoms with Crippen LogP contribution < -0.4 is 15.1 Å². The van der Waals surface area contributed by atoms with E-state index in [0.29, 0.717) is 0 Å². The number of aliphatic hydroxyl groups is 1. The second kappa shape index (κ2) is 7.88. The van der Waals surface area contributed by atoms with Crippen molar-refractivity contribution in [2.45, 2.75) is 31.7 Å². The van der Waals surface area contributed by atoms with Gasteiger partial charge in [0.15, 0.2) is 17.4 Å². The lowest BCUT2D eigenvalue weighted by molar-refractivity contribution is -0.196. The molecule has 1 unspecified atom stereocenters. The predicted octanol–water partition coefficient (Wildman–Crippen LogP) is 1.36. The van der Waals surface area contributed by atoms with Crippen LogP contribution in [0.15, 0.2) is 12.1 Å². The first-order valence-electron chi connectivity index (χ1n) is 8.96. The van der Waals surface area contributed by atoms with Crippen LogP contribution in [0.3, 0.4) is 0 Å². The fourth-order valence-electron chi connectivity index (χ4n) is 3.39. The Morgan fingerprint density at radius 2 is 1.96 bits per heavy atom. The van der Waals surface area contributed by atoms with Crippen molar-refractivity contribution in [3.8, 4) is 0 Å². The molecule has 3 rings (SSSR count). The van der Waals surface area contributed by atoms with Gasteiger partial charge in [-0.05, 0) is 0 Å². The summed E-state index contributed by atoms with van der Waals surface area (Å²) in [5, 5.41) is 12.6. The van der Waals surface area contributed by atoms with Crippen molar-refractivity contribution in [2.75, 3.05) is 43.1 Å². The van der Waals surface area contributed by atoms with Gasteiger partial charge in [0, 0.05) is 52.1 Å². The summed E-state index contributed by atoms with van der Waals surface area (Å²) >= 11 is 0. The van der Waals surface area contributed by atoms with Crippen molar-refractivity contribution < 1.29 is 33.0 Å². The highest BCUT2D eigenvalue weighted by molar-refractivity contribution is 5.90. The minimum Gasteiger partial charge on any atom is -0.442 e. The van der Waals surface area contributed by atoms with Crippen molar-refractivity contribution in [1.82, 2.24) is 5.32 Å². The summed E-state index contributed by atoms with van der Waals surface area (Å²) in [6, 6.07) is 2.16. The number of carbonyl (C=O) groups excluding carboxylic acids is 2. The minimum absolute atomic E-state index is 0.0412. The number of ether oxygens (including phenoxy) is 2. The lowest BCUT2D eigenvalue weighted by atomic mass is 10.0. The van der Waals surface area contributed by atoms with E-state index >= 15 is 0 Å². The number of benzene rings is 1. The molecule has 1 atom stereocenters. The molecule has 1 aromatic rings. The van der Waals surface area contributed by atoms with E-state index in [9.17, 15) is 23.5 Å². The van der Waals surface area contributed by atoms with E-state index in [2.05, 4.69) is 5.32 Å². The number of amides is 2. The molecule has 2 N–H and O–H groups in total. The summed E-state index contributed by atoms with van der Waals surface area (Å²) < 4.78 is 39.5. The van der Waals surface area contributed by atoms with Gasteiger partial charge >= 0.3 is 6.09 Å². The van der Waals surface area contributed by atoms with Crippen LogP contribution in [0.2, 0.25) is 0 Å². The van der Waals surface area contributed by atoms with Gasteiger partial charge in [-0.25, -0.2) is 13.6 Å². The molecule has 154 valence electrons. The molecular weight excluding hydrogens is 376 g/mol. The van der Waals surface area contributed by atoms with Crippen molar-refractivity contribution in [2.24, 2.45) is 0 Å². The molecule has 0 saturated carbocycles. The van der Waals surface area contributed by atoms with Crippen molar-refractivity contribution in [3.05, 3.63) is 23.8 Å². The van der Waals surface area contributed by atoms with Crippen LogP contribution in [-0.4, -0.2) is 62.3 Å². The van der Waals surface area contributed by atoms with Crippen LogP contribution >= 0.6 is 0 Å². The number of halogens is 2. The third-order valence-electron chi connectivity index (χ3n) is 5.01. The smallest absolute Gasteiger partial charge is 0.414 e. The average Bonchev–Trinajstić information content (AvgIpc) is 3.02. The Balaban J connectivity index is 1.74. The van der Waals surface area contributed by atoms with Crippen LogP contribution in [0, 0.1) is 11.6 Å². The first kappa shape index (κ1) is 20.3. The monoisotopic (exact) mass is 399 g/mol. The molecule has 10 heteroatoms. The van der Waals surface area contributed by atoms with Crippen LogP contribution in [0.5, 0.6) is 0 Å². The maximum absolute atomic E-state index is 14.7. The van der Waals surface area contributed by atoms with Crippen molar-refractivity contribution >= 4 is 23.4 Å². The van der Waals surface area contributed by atoms with E-state index in [1.54, 1.807) is 0 Å². The fraction of sp³-hybridized carbons (Fsp3) is 0.556. The molecule has 28 heavy (non-hydrogen) atoms. The van der Waals surface area contributed by atoms with Gasteiger partial charge in [0.1, 0.15) is 11.8 Å². The topological polar surface area (TPSA) is 91.3 Å². The molecule has 2 aliphatic heterocycles. The standard InChI is InChI=1S/C18H23F2N3O5/c1-11(24)21-9-13-10-23(17(25)28-13)12-7-14(19)16(15(20)8-12)22-5-3-18(26,27-2)4-6-22/h7-8,13,26H,3-6,9-10H2,1-2H3,(H,21,24). The van der Waals surface area contributed by atoms with Gasteiger partial charge in [-0.2, -0.15) is 0 Å². The lowest BCUT2D eigenvalue weighted by Crippen LogP contribution is -2.46. The minimum atomic E-state index is -1.29. The zero-order valence-electron chi connectivity index (χ0n) is 15.7. The SMILES string of the molecule is COC1(O)CCN(c2c(F)cc(N3CC(CNC(C)=O)OC3=O)cc2F)CC1. The summed E-state index contributed by atoms with van der Waals surface area (Å²) in [7, 11) is 1.39. The van der Waals surface area contributed by atoms with Crippen molar-refractivity contribution in [1.29, 1.82) is 0 Å². The lowest BCUT2D eigenvalue weighted by Gasteiger charge is -2.38. The number of methoxy groups -OCH3 is 1. The second-order valence-corrected chi connectivity index (χ2v) is 6.95. The third kappa shape index (κ3) is 4.17. The molecule has 0 spiro atoms. The summed E-state index contributed by atoms with van der Waals surface area (Å²) in [6.45, 7) is 1.98. The second-order valence-electron chi connectivity index (χ2n) is 6.95. The number of anilines is 2. The van der Waals surface area contributed by atoms with Crippen LogP contribution in [0.25, 0.3) is 0 Å². The molecule has 2 heterocycles. The fourth-order valence-corrected chi connectivity index (χ4v) is 3.39. The normalized spacial score (nSPS) is 21.6. The van der Waals surface area contributed by atoms with Crippen LogP contribution in [0.1, 0.15) is 19.8 Å². The number of carbonyl (C=O) groups is 2. The van der Waals surface area contributed by atoms with Crippen LogP contribution in [0.4, 0.5) is 25.0 Å². The Kier molecular flexibility index (Phi) is 5.71. The van der Waals surface area contributed by atoms with Gasteiger partial charge in [-0.15, -0.1) is 0 Å². The quantitative estimate of drug-likeness (QED) is 0.727. The Hall–Kier alpha value is -2.46. The summed E-state index contributed by atoms with van der Waals surface area (Å²) in [5.74, 6) is -3.17. The molecule has 0 aliphatic carbocycles. The number of nitrogens with one attached hydrogen (secondary N) is 1. The molecule has 2 saturated heterocycles. The van der Waals surface area contributed by atoms with E-state index in [0.717, 1.165) is 17.0 Å². The highest BCUT2D eigenvalue weighted by Gasteiger charge is 2.36. The number of hydrogen-bond donors (Lipinski definition) is 2. The Morgan fingerprint density at radius 3 is 2.50 bits per heavy atom. The predicted molar refractivity (Wildman–Crippen MR) is 96.1 cm³/mol. The number of hydrogen-bond acceptors (Lipinski definition) is 6. The Bertz CT molecular complexity index is 745. The number of nitrogens with zero attached hydrogens (tertiary/aromatic N) is 2. The Morgan fingerprint density at radius 1 is 1.36 bits per heavy atom. The van der Waals surface area contributed by atoms with E-state index in [1.165, 1.54) is 18.9 Å². The molecule has 0 radical (unpaired) electrons. The van der Waals surface area contributed by atoms with E-state index in [-0.39, 0.29) is 56.3 Å². The molecule has 0 aromatic heterocycles. The molecular formula is C18H23F2N3O5. The maximum Gasteiger partial charge on any atom is 0.414 e. The van der Waals surface area contributed by atoms with Gasteiger partial charge in [-0.3, -0.25) is 9.69 Å². The van der Waals surface area contributed by atoms with Gasteiger partial charge < -0.3 is 24.8 Å². The molecule has 2 fully saturated rings. The van der Waals surface area contributed by atoms with E-state index in [4.69, 9.17) is 9.47 Å². The van der Waals surface area contributed by atoms with E-state index in [1.807, 2.05) is 0 Å². The molecule has 8 nitrogen and oxygen atoms in total. The van der Waals surface area contributed by atoms with Gasteiger partial charge in [0.25, 0.3) is 0 Å². The van der Waals surface area contributed by atoms with Gasteiger partial charge in [0.2, 0.25) is 5.91 Å². The first-order valence-corrected chi connectivity index (χ1v) is 8.96. The molecule has 2 amide bonds. The summed E-state index contributed by atoms with van der Waals surface area (Å²) in [4.78, 5) is 25.6. The number of cyclic esters (lactones) is 1. The highest BCUT2D eigenvalue weighted by atomic mass is 19.1. The van der Waals surface area contributed by atoms with E-state index < -0.39 is 29.6 Å².